The molecule has 1 fully saturated rings. The molecule has 0 radical (unpaired) electrons. The highest BCUT2D eigenvalue weighted by Gasteiger charge is 2.26. The predicted octanol–water partition coefficient (Wildman–Crippen LogP) is 4.24. The zero-order chi connectivity index (χ0) is 19.3. The molecule has 0 bridgehead atoms. The number of fused-ring (bicyclic) bond motifs is 1. The Bertz CT molecular complexity index is 933. The molecular formula is C24H28N2O2. The van der Waals surface area contributed by atoms with Gasteiger partial charge in [0.05, 0.1) is 20.3 Å². The van der Waals surface area contributed by atoms with Crippen molar-refractivity contribution in [1.29, 1.82) is 0 Å². The average molecular weight is 377 g/mol. The second-order valence-electron chi connectivity index (χ2n) is 7.26. The highest BCUT2D eigenvalue weighted by Crippen LogP contribution is 2.38. The maximum Gasteiger partial charge on any atom is 0.124 e. The van der Waals surface area contributed by atoms with Crippen LogP contribution in [0.15, 0.2) is 60.7 Å². The molecule has 28 heavy (non-hydrogen) atoms. The van der Waals surface area contributed by atoms with Gasteiger partial charge in [0, 0.05) is 25.2 Å². The van der Waals surface area contributed by atoms with Gasteiger partial charge >= 0.3 is 0 Å². The van der Waals surface area contributed by atoms with Crippen molar-refractivity contribution in [3.05, 3.63) is 71.8 Å². The van der Waals surface area contributed by atoms with Gasteiger partial charge in [0.25, 0.3) is 0 Å². The average Bonchev–Trinajstić information content (AvgIpc) is 3.03. The summed E-state index contributed by atoms with van der Waals surface area (Å²) in [7, 11) is 3.46. The van der Waals surface area contributed by atoms with E-state index < -0.39 is 0 Å². The van der Waals surface area contributed by atoms with E-state index in [0.717, 1.165) is 49.7 Å². The molecule has 4 nitrogen and oxygen atoms in total. The normalized spacial score (nSPS) is 16.5. The minimum absolute atomic E-state index is 0.120. The molecule has 0 aromatic heterocycles. The molecule has 1 unspecified atom stereocenters. The molecule has 0 aliphatic carbocycles. The van der Waals surface area contributed by atoms with Gasteiger partial charge in [-0.25, -0.2) is 0 Å². The largest absolute Gasteiger partial charge is 0.497 e. The third kappa shape index (κ3) is 3.84. The van der Waals surface area contributed by atoms with Gasteiger partial charge in [-0.2, -0.15) is 0 Å². The van der Waals surface area contributed by atoms with Crippen molar-refractivity contribution in [3.8, 4) is 11.5 Å². The summed E-state index contributed by atoms with van der Waals surface area (Å²) in [5, 5.41) is 6.05. The number of nitrogens with zero attached hydrogens (tertiary/aromatic N) is 1. The highest BCUT2D eigenvalue weighted by atomic mass is 16.5. The van der Waals surface area contributed by atoms with Crippen molar-refractivity contribution in [2.24, 2.45) is 0 Å². The summed E-state index contributed by atoms with van der Waals surface area (Å²) in [5.74, 6) is 1.76. The van der Waals surface area contributed by atoms with Gasteiger partial charge in [0.1, 0.15) is 11.5 Å². The third-order valence-electron chi connectivity index (χ3n) is 5.56. The van der Waals surface area contributed by atoms with Crippen LogP contribution in [0.2, 0.25) is 0 Å². The van der Waals surface area contributed by atoms with Gasteiger partial charge < -0.3 is 14.8 Å². The molecule has 4 heteroatoms. The fourth-order valence-electron chi connectivity index (χ4n) is 4.14. The van der Waals surface area contributed by atoms with Crippen molar-refractivity contribution in [2.75, 3.05) is 40.4 Å². The summed E-state index contributed by atoms with van der Waals surface area (Å²) in [5.41, 5.74) is 2.44. The molecule has 3 aromatic rings. The summed E-state index contributed by atoms with van der Waals surface area (Å²) in [4.78, 5) is 2.56. The first-order valence-electron chi connectivity index (χ1n) is 9.95. The van der Waals surface area contributed by atoms with Crippen LogP contribution in [0.1, 0.15) is 23.6 Å². The number of hydrogen-bond acceptors (Lipinski definition) is 4. The van der Waals surface area contributed by atoms with Crippen LogP contribution in [0.25, 0.3) is 10.8 Å². The van der Waals surface area contributed by atoms with Crippen molar-refractivity contribution < 1.29 is 9.47 Å². The molecule has 0 spiro atoms. The van der Waals surface area contributed by atoms with Crippen LogP contribution in [0.5, 0.6) is 11.5 Å². The van der Waals surface area contributed by atoms with Gasteiger partial charge in [0.2, 0.25) is 0 Å². The zero-order valence-corrected chi connectivity index (χ0v) is 16.7. The Labute approximate surface area is 167 Å². The Hall–Kier alpha value is -2.56. The van der Waals surface area contributed by atoms with Gasteiger partial charge in [-0.1, -0.05) is 36.4 Å². The van der Waals surface area contributed by atoms with Crippen LogP contribution in [-0.2, 0) is 0 Å². The Kier molecular flexibility index (Phi) is 5.79. The van der Waals surface area contributed by atoms with E-state index >= 15 is 0 Å². The molecule has 1 aliphatic rings. The number of methoxy groups -OCH3 is 2. The molecule has 1 heterocycles. The topological polar surface area (TPSA) is 33.7 Å². The molecule has 3 aromatic carbocycles. The van der Waals surface area contributed by atoms with E-state index in [9.17, 15) is 0 Å². The lowest BCUT2D eigenvalue weighted by atomic mass is 9.93. The molecular weight excluding hydrogens is 348 g/mol. The standard InChI is InChI=1S/C24H28N2O2/c1-27-21-10-11-23(28-2)22(17-21)24(26-14-5-12-25-13-15-26)20-9-8-18-6-3-4-7-19(18)16-20/h3-4,6-11,16-17,24-25H,5,12-15H2,1-2H3. The number of ether oxygens (including phenoxy) is 2. The van der Waals surface area contributed by atoms with E-state index in [1.807, 2.05) is 12.1 Å². The molecule has 1 N–H and O–H groups in total. The van der Waals surface area contributed by atoms with Gasteiger partial charge in [-0.15, -0.1) is 0 Å². The van der Waals surface area contributed by atoms with E-state index in [-0.39, 0.29) is 6.04 Å². The maximum absolute atomic E-state index is 5.76. The summed E-state index contributed by atoms with van der Waals surface area (Å²) < 4.78 is 11.3. The van der Waals surface area contributed by atoms with Crippen LogP contribution < -0.4 is 14.8 Å². The van der Waals surface area contributed by atoms with E-state index in [0.29, 0.717) is 0 Å². The monoisotopic (exact) mass is 376 g/mol. The Morgan fingerprint density at radius 3 is 2.54 bits per heavy atom. The second kappa shape index (κ2) is 8.63. The molecule has 4 rings (SSSR count). The summed E-state index contributed by atoms with van der Waals surface area (Å²) in [6, 6.07) is 21.5. The minimum atomic E-state index is 0.120. The van der Waals surface area contributed by atoms with Crippen LogP contribution >= 0.6 is 0 Å². The smallest absolute Gasteiger partial charge is 0.124 e. The fourth-order valence-corrected chi connectivity index (χ4v) is 4.14. The van der Waals surface area contributed by atoms with Crippen molar-refractivity contribution >= 4 is 10.8 Å². The quantitative estimate of drug-likeness (QED) is 0.722. The summed E-state index contributed by atoms with van der Waals surface area (Å²) in [6.45, 7) is 4.11. The minimum Gasteiger partial charge on any atom is -0.497 e. The second-order valence-corrected chi connectivity index (χ2v) is 7.26. The lowest BCUT2D eigenvalue weighted by Gasteiger charge is -2.32. The van der Waals surface area contributed by atoms with Gasteiger partial charge in [0.15, 0.2) is 0 Å². The van der Waals surface area contributed by atoms with Crippen LogP contribution in [-0.4, -0.2) is 45.3 Å². The lowest BCUT2D eigenvalue weighted by Crippen LogP contribution is -2.33. The maximum atomic E-state index is 5.76. The molecule has 146 valence electrons. The number of benzene rings is 3. The highest BCUT2D eigenvalue weighted by molar-refractivity contribution is 5.83. The first-order chi connectivity index (χ1) is 13.8. The third-order valence-corrected chi connectivity index (χ3v) is 5.56. The summed E-state index contributed by atoms with van der Waals surface area (Å²) >= 11 is 0. The van der Waals surface area contributed by atoms with Gasteiger partial charge in [-0.05, 0) is 53.6 Å². The van der Waals surface area contributed by atoms with Crippen LogP contribution in [0, 0.1) is 0 Å². The van der Waals surface area contributed by atoms with Crippen LogP contribution in [0.3, 0.4) is 0 Å². The van der Waals surface area contributed by atoms with E-state index in [4.69, 9.17) is 9.47 Å². The molecule has 0 saturated carbocycles. The first-order valence-corrected chi connectivity index (χ1v) is 9.95. The zero-order valence-electron chi connectivity index (χ0n) is 16.7. The lowest BCUT2D eigenvalue weighted by molar-refractivity contribution is 0.236. The van der Waals surface area contributed by atoms with Crippen LogP contribution in [0.4, 0.5) is 0 Å². The molecule has 1 saturated heterocycles. The SMILES string of the molecule is COc1ccc(OC)c(C(c2ccc3ccccc3c2)N2CCCNCC2)c1. The van der Waals surface area contributed by atoms with E-state index in [1.165, 1.54) is 16.3 Å². The Balaban J connectivity index is 1.86. The molecule has 1 aliphatic heterocycles. The summed E-state index contributed by atoms with van der Waals surface area (Å²) in [6.07, 6.45) is 1.14. The Morgan fingerprint density at radius 1 is 0.857 bits per heavy atom. The van der Waals surface area contributed by atoms with Crippen molar-refractivity contribution in [3.63, 3.8) is 0 Å². The van der Waals surface area contributed by atoms with Crippen molar-refractivity contribution in [2.45, 2.75) is 12.5 Å². The van der Waals surface area contributed by atoms with E-state index in [1.54, 1.807) is 14.2 Å². The number of rotatable bonds is 5. The first kappa shape index (κ1) is 18.8. The van der Waals surface area contributed by atoms with Gasteiger partial charge in [-0.3, -0.25) is 4.90 Å². The molecule has 0 amide bonds. The number of nitrogens with one attached hydrogen (secondary N) is 1. The fraction of sp³-hybridized carbons (Fsp3) is 0.333. The number of hydrogen-bond donors (Lipinski definition) is 1. The molecule has 1 atom stereocenters. The van der Waals surface area contributed by atoms with Crippen molar-refractivity contribution in [1.82, 2.24) is 10.2 Å². The predicted molar refractivity (Wildman–Crippen MR) is 114 cm³/mol. The Morgan fingerprint density at radius 2 is 1.71 bits per heavy atom. The van der Waals surface area contributed by atoms with E-state index in [2.05, 4.69) is 58.7 Å².